The highest BCUT2D eigenvalue weighted by Crippen LogP contribution is 2.25. The number of carbonyl (C=O) groups is 1. The number of sulfonamides is 1. The zero-order chi connectivity index (χ0) is 20.4. The molecule has 0 unspecified atom stereocenters. The Morgan fingerprint density at radius 3 is 2.62 bits per heavy atom. The lowest BCUT2D eigenvalue weighted by atomic mass is 10.1. The third-order valence-corrected chi connectivity index (χ3v) is 6.93. The van der Waals surface area contributed by atoms with Crippen LogP contribution < -0.4 is 14.4 Å². The minimum atomic E-state index is -3.27. The maximum absolute atomic E-state index is 12.6. The Morgan fingerprint density at radius 2 is 1.86 bits per heavy atom. The highest BCUT2D eigenvalue weighted by molar-refractivity contribution is 7.93. The molecule has 7 heteroatoms. The van der Waals surface area contributed by atoms with Crippen molar-refractivity contribution >= 4 is 32.4 Å². The van der Waals surface area contributed by atoms with Crippen molar-refractivity contribution in [2.45, 2.75) is 13.0 Å². The molecule has 6 nitrogen and oxygen atoms in total. The second-order valence-electron chi connectivity index (χ2n) is 7.02. The summed E-state index contributed by atoms with van der Waals surface area (Å²) in [6.07, 6.45) is 0.604. The summed E-state index contributed by atoms with van der Waals surface area (Å²) in [5, 5.41) is 5.05. The second-order valence-corrected chi connectivity index (χ2v) is 9.03. The van der Waals surface area contributed by atoms with Crippen LogP contribution >= 0.6 is 0 Å². The summed E-state index contributed by atoms with van der Waals surface area (Å²) in [6, 6.07) is 18.6. The molecule has 1 saturated heterocycles. The fraction of sp³-hybridized carbons (Fsp3) is 0.227. The Bertz CT molecular complexity index is 1170. The number of nitrogens with zero attached hydrogens (tertiary/aromatic N) is 1. The van der Waals surface area contributed by atoms with Crippen molar-refractivity contribution in [3.05, 3.63) is 71.8 Å². The fourth-order valence-corrected chi connectivity index (χ4v) is 5.08. The smallest absolute Gasteiger partial charge is 0.251 e. The molecule has 1 aliphatic heterocycles. The van der Waals surface area contributed by atoms with Crippen LogP contribution in [-0.2, 0) is 16.6 Å². The molecule has 0 atom stereocenters. The number of hydrogen-bond acceptors (Lipinski definition) is 4. The van der Waals surface area contributed by atoms with E-state index in [4.69, 9.17) is 4.74 Å². The van der Waals surface area contributed by atoms with Crippen LogP contribution in [0.15, 0.2) is 60.7 Å². The van der Waals surface area contributed by atoms with Crippen molar-refractivity contribution in [3.8, 4) is 5.75 Å². The fourth-order valence-electron chi connectivity index (χ4n) is 3.53. The molecule has 0 spiro atoms. The number of hydrogen-bond donors (Lipinski definition) is 1. The maximum Gasteiger partial charge on any atom is 0.251 e. The van der Waals surface area contributed by atoms with Crippen molar-refractivity contribution < 1.29 is 17.9 Å². The molecule has 1 heterocycles. The Labute approximate surface area is 170 Å². The zero-order valence-electron chi connectivity index (χ0n) is 16.1. The number of carbonyl (C=O) groups excluding carboxylic acids is 1. The lowest BCUT2D eigenvalue weighted by Gasteiger charge is -2.17. The number of methoxy groups -OCH3 is 1. The number of amides is 1. The van der Waals surface area contributed by atoms with Gasteiger partial charge in [-0.15, -0.1) is 0 Å². The number of anilines is 1. The Balaban J connectivity index is 1.47. The van der Waals surface area contributed by atoms with Gasteiger partial charge in [0.05, 0.1) is 18.6 Å². The van der Waals surface area contributed by atoms with Gasteiger partial charge in [-0.2, -0.15) is 0 Å². The normalized spacial score (nSPS) is 15.4. The van der Waals surface area contributed by atoms with E-state index in [1.54, 1.807) is 31.4 Å². The number of rotatable bonds is 5. The van der Waals surface area contributed by atoms with Gasteiger partial charge in [-0.3, -0.25) is 9.10 Å². The molecule has 29 heavy (non-hydrogen) atoms. The largest absolute Gasteiger partial charge is 0.497 e. The average molecular weight is 410 g/mol. The van der Waals surface area contributed by atoms with Gasteiger partial charge in [0.15, 0.2) is 0 Å². The van der Waals surface area contributed by atoms with Crippen molar-refractivity contribution in [1.82, 2.24) is 5.32 Å². The van der Waals surface area contributed by atoms with Crippen molar-refractivity contribution in [2.24, 2.45) is 0 Å². The Hall–Kier alpha value is -3.06. The summed E-state index contributed by atoms with van der Waals surface area (Å²) in [7, 11) is -1.63. The quantitative estimate of drug-likeness (QED) is 0.700. The van der Waals surface area contributed by atoms with E-state index in [1.165, 1.54) is 4.31 Å². The van der Waals surface area contributed by atoms with Crippen molar-refractivity contribution in [1.29, 1.82) is 0 Å². The first-order valence-electron chi connectivity index (χ1n) is 9.42. The molecule has 0 bridgehead atoms. The first-order valence-corrected chi connectivity index (χ1v) is 11.0. The molecule has 1 amide bonds. The van der Waals surface area contributed by atoms with Crippen LogP contribution in [0.2, 0.25) is 0 Å². The highest BCUT2D eigenvalue weighted by Gasteiger charge is 2.28. The summed E-state index contributed by atoms with van der Waals surface area (Å²) in [6.45, 7) is 0.836. The standard InChI is InChI=1S/C22H22N2O4S/c1-28-21-9-8-17-12-16(6-7-18(17)14-21)15-23-22(25)19-4-2-5-20(13-19)24-10-3-11-29(24,26)27/h2,4-9,12-14H,3,10-11,15H2,1H3,(H,23,25). The van der Waals surface area contributed by atoms with Crippen LogP contribution in [0.25, 0.3) is 10.8 Å². The molecule has 0 aromatic heterocycles. The van der Waals surface area contributed by atoms with Gasteiger partial charge in [-0.1, -0.05) is 24.3 Å². The molecule has 0 aliphatic carbocycles. The highest BCUT2D eigenvalue weighted by atomic mass is 32.2. The first kappa shape index (κ1) is 19.3. The topological polar surface area (TPSA) is 75.7 Å². The summed E-state index contributed by atoms with van der Waals surface area (Å²) < 4.78 is 30.9. The van der Waals surface area contributed by atoms with Crippen molar-refractivity contribution in [2.75, 3.05) is 23.7 Å². The van der Waals surface area contributed by atoms with Crippen LogP contribution in [0.1, 0.15) is 22.3 Å². The Morgan fingerprint density at radius 1 is 1.07 bits per heavy atom. The third kappa shape index (κ3) is 4.05. The van der Waals surface area contributed by atoms with Gasteiger partial charge in [-0.05, 0) is 59.2 Å². The molecule has 0 saturated carbocycles. The lowest BCUT2D eigenvalue weighted by molar-refractivity contribution is 0.0951. The van der Waals surface area contributed by atoms with E-state index < -0.39 is 10.0 Å². The molecule has 0 radical (unpaired) electrons. The van der Waals surface area contributed by atoms with E-state index in [0.717, 1.165) is 22.1 Å². The minimum absolute atomic E-state index is 0.150. The lowest BCUT2D eigenvalue weighted by Crippen LogP contribution is -2.26. The molecule has 3 aromatic rings. The summed E-state index contributed by atoms with van der Waals surface area (Å²) in [4.78, 5) is 12.6. The van der Waals surface area contributed by atoms with Gasteiger partial charge in [-0.25, -0.2) is 8.42 Å². The molecule has 1 N–H and O–H groups in total. The molecule has 150 valence electrons. The van der Waals surface area contributed by atoms with Crippen LogP contribution in [0.5, 0.6) is 5.75 Å². The maximum atomic E-state index is 12.6. The summed E-state index contributed by atoms with van der Waals surface area (Å²) >= 11 is 0. The van der Waals surface area contributed by atoms with E-state index in [1.807, 2.05) is 36.4 Å². The predicted octanol–water partition coefficient (Wildman–Crippen LogP) is 3.32. The molecule has 1 aliphatic rings. The third-order valence-electron chi connectivity index (χ3n) is 5.06. The average Bonchev–Trinajstić information content (AvgIpc) is 3.10. The molecule has 1 fully saturated rings. The number of ether oxygens (including phenoxy) is 1. The van der Waals surface area contributed by atoms with E-state index in [-0.39, 0.29) is 11.7 Å². The molecular weight excluding hydrogens is 388 g/mol. The van der Waals surface area contributed by atoms with Crippen LogP contribution in [0.4, 0.5) is 5.69 Å². The van der Waals surface area contributed by atoms with E-state index in [2.05, 4.69) is 5.32 Å². The molecule has 4 rings (SSSR count). The summed E-state index contributed by atoms with van der Waals surface area (Å²) in [5.41, 5.74) is 1.96. The van der Waals surface area contributed by atoms with Gasteiger partial charge in [0.2, 0.25) is 10.0 Å². The summed E-state index contributed by atoms with van der Waals surface area (Å²) in [5.74, 6) is 0.716. The number of fused-ring (bicyclic) bond motifs is 1. The van der Waals surface area contributed by atoms with Gasteiger partial charge < -0.3 is 10.1 Å². The SMILES string of the molecule is COc1ccc2cc(CNC(=O)c3cccc(N4CCCS4(=O)=O)c3)ccc2c1. The number of nitrogens with one attached hydrogen (secondary N) is 1. The van der Waals surface area contributed by atoms with Crippen LogP contribution in [-0.4, -0.2) is 33.7 Å². The van der Waals surface area contributed by atoms with Crippen LogP contribution in [0.3, 0.4) is 0 Å². The monoisotopic (exact) mass is 410 g/mol. The van der Waals surface area contributed by atoms with Crippen molar-refractivity contribution in [3.63, 3.8) is 0 Å². The predicted molar refractivity (Wildman–Crippen MR) is 114 cm³/mol. The molecule has 3 aromatic carbocycles. The zero-order valence-corrected chi connectivity index (χ0v) is 16.9. The van der Waals surface area contributed by atoms with Gasteiger partial charge >= 0.3 is 0 Å². The van der Waals surface area contributed by atoms with E-state index in [0.29, 0.717) is 30.8 Å². The van der Waals surface area contributed by atoms with E-state index in [9.17, 15) is 13.2 Å². The second kappa shape index (κ2) is 7.75. The first-order chi connectivity index (χ1) is 14.0. The van der Waals surface area contributed by atoms with Gasteiger partial charge in [0.1, 0.15) is 5.75 Å². The molecular formula is C22H22N2O4S. The van der Waals surface area contributed by atoms with Crippen LogP contribution in [0, 0.1) is 0 Å². The minimum Gasteiger partial charge on any atom is -0.497 e. The Kier molecular flexibility index (Phi) is 5.15. The number of benzene rings is 3. The van der Waals surface area contributed by atoms with Gasteiger partial charge in [0, 0.05) is 18.7 Å². The van der Waals surface area contributed by atoms with Gasteiger partial charge in [0.25, 0.3) is 5.91 Å². The van der Waals surface area contributed by atoms with E-state index >= 15 is 0 Å².